The van der Waals surface area contributed by atoms with Crippen LogP contribution in [0.15, 0.2) is 48.7 Å². The molecule has 0 aliphatic rings. The lowest BCUT2D eigenvalue weighted by molar-refractivity contribution is 0.102. The average Bonchev–Trinajstić information content (AvgIpc) is 2.80. The fourth-order valence-corrected chi connectivity index (χ4v) is 2.07. The van der Waals surface area contributed by atoms with Gasteiger partial charge in [-0.3, -0.25) is 9.48 Å². The van der Waals surface area contributed by atoms with Crippen LogP contribution in [0, 0.1) is 0 Å². The van der Waals surface area contributed by atoms with Crippen LogP contribution in [0.1, 0.15) is 10.4 Å². The molecular weight excluding hydrogens is 254 g/mol. The van der Waals surface area contributed by atoms with Crippen LogP contribution < -0.4 is 5.32 Å². The van der Waals surface area contributed by atoms with E-state index in [-0.39, 0.29) is 11.7 Å². The predicted molar refractivity (Wildman–Crippen MR) is 76.8 cm³/mol. The van der Waals surface area contributed by atoms with Gasteiger partial charge in [0.1, 0.15) is 5.75 Å². The Balaban J connectivity index is 1.89. The smallest absolute Gasteiger partial charge is 0.255 e. The first-order valence-corrected chi connectivity index (χ1v) is 6.15. The van der Waals surface area contributed by atoms with Gasteiger partial charge in [-0.1, -0.05) is 6.07 Å². The Labute approximate surface area is 115 Å². The second-order valence-corrected chi connectivity index (χ2v) is 4.55. The molecule has 1 aromatic heterocycles. The van der Waals surface area contributed by atoms with Gasteiger partial charge in [0, 0.05) is 23.7 Å². The number of rotatable bonds is 2. The third-order valence-electron chi connectivity index (χ3n) is 3.12. The molecule has 0 aliphatic carbocycles. The van der Waals surface area contributed by atoms with Crippen LogP contribution in [0.5, 0.6) is 5.75 Å². The molecule has 0 atom stereocenters. The van der Waals surface area contributed by atoms with Crippen molar-refractivity contribution >= 4 is 22.5 Å². The fraction of sp³-hybridized carbons (Fsp3) is 0.0667. The summed E-state index contributed by atoms with van der Waals surface area (Å²) < 4.78 is 1.75. The molecule has 0 fully saturated rings. The number of fused-ring (bicyclic) bond motifs is 1. The summed E-state index contributed by atoms with van der Waals surface area (Å²) in [5, 5.41) is 17.4. The van der Waals surface area contributed by atoms with Crippen molar-refractivity contribution in [3.8, 4) is 5.75 Å². The number of anilines is 1. The Morgan fingerprint density at radius 3 is 2.90 bits per heavy atom. The number of benzene rings is 2. The molecule has 5 nitrogen and oxygen atoms in total. The molecule has 0 saturated carbocycles. The molecule has 3 aromatic rings. The number of carbonyl (C=O) groups excluding carboxylic acids is 1. The zero-order chi connectivity index (χ0) is 14.1. The molecule has 2 aromatic carbocycles. The van der Waals surface area contributed by atoms with Crippen molar-refractivity contribution in [3.63, 3.8) is 0 Å². The molecule has 1 amide bonds. The van der Waals surface area contributed by atoms with Gasteiger partial charge < -0.3 is 10.4 Å². The van der Waals surface area contributed by atoms with Gasteiger partial charge in [0.2, 0.25) is 0 Å². The number of carbonyl (C=O) groups is 1. The van der Waals surface area contributed by atoms with E-state index in [9.17, 15) is 9.90 Å². The largest absolute Gasteiger partial charge is 0.508 e. The molecule has 20 heavy (non-hydrogen) atoms. The molecule has 0 spiro atoms. The van der Waals surface area contributed by atoms with Crippen molar-refractivity contribution in [1.82, 2.24) is 9.78 Å². The summed E-state index contributed by atoms with van der Waals surface area (Å²) in [5.41, 5.74) is 2.04. The van der Waals surface area contributed by atoms with E-state index in [4.69, 9.17) is 0 Å². The molecule has 3 rings (SSSR count). The van der Waals surface area contributed by atoms with Crippen LogP contribution in [0.2, 0.25) is 0 Å². The second kappa shape index (κ2) is 4.70. The SMILES string of the molecule is Cn1ncc2ccc(NC(=O)c3cccc(O)c3)cc21. The van der Waals surface area contributed by atoms with E-state index >= 15 is 0 Å². The molecule has 0 radical (unpaired) electrons. The summed E-state index contributed by atoms with van der Waals surface area (Å²) in [7, 11) is 1.85. The lowest BCUT2D eigenvalue weighted by Crippen LogP contribution is -2.11. The minimum atomic E-state index is -0.262. The molecule has 100 valence electrons. The van der Waals surface area contributed by atoms with Crippen molar-refractivity contribution < 1.29 is 9.90 Å². The van der Waals surface area contributed by atoms with Crippen molar-refractivity contribution in [1.29, 1.82) is 0 Å². The van der Waals surface area contributed by atoms with E-state index in [1.165, 1.54) is 12.1 Å². The average molecular weight is 267 g/mol. The number of aromatic nitrogens is 2. The van der Waals surface area contributed by atoms with E-state index < -0.39 is 0 Å². The Kier molecular flexibility index (Phi) is 2.87. The minimum absolute atomic E-state index is 0.0692. The highest BCUT2D eigenvalue weighted by molar-refractivity contribution is 6.05. The zero-order valence-electron chi connectivity index (χ0n) is 10.9. The second-order valence-electron chi connectivity index (χ2n) is 4.55. The lowest BCUT2D eigenvalue weighted by atomic mass is 10.2. The number of phenolic OH excluding ortho intramolecular Hbond substituents is 1. The number of phenols is 1. The summed E-state index contributed by atoms with van der Waals surface area (Å²) in [5.74, 6) is -0.192. The van der Waals surface area contributed by atoms with Gasteiger partial charge in [-0.15, -0.1) is 0 Å². The van der Waals surface area contributed by atoms with Crippen LogP contribution in [0.25, 0.3) is 10.9 Å². The number of hydrogen-bond acceptors (Lipinski definition) is 3. The van der Waals surface area contributed by atoms with Gasteiger partial charge in [-0.05, 0) is 36.4 Å². The molecule has 1 heterocycles. The van der Waals surface area contributed by atoms with E-state index in [0.29, 0.717) is 11.3 Å². The van der Waals surface area contributed by atoms with Gasteiger partial charge in [0.15, 0.2) is 0 Å². The minimum Gasteiger partial charge on any atom is -0.508 e. The summed E-state index contributed by atoms with van der Waals surface area (Å²) >= 11 is 0. The molecule has 5 heteroatoms. The van der Waals surface area contributed by atoms with Crippen molar-refractivity contribution in [2.24, 2.45) is 7.05 Å². The summed E-state index contributed by atoms with van der Waals surface area (Å²) in [4.78, 5) is 12.1. The van der Waals surface area contributed by atoms with Crippen molar-refractivity contribution in [2.45, 2.75) is 0 Å². The number of aryl methyl sites for hydroxylation is 1. The van der Waals surface area contributed by atoms with Gasteiger partial charge in [-0.2, -0.15) is 5.10 Å². The number of nitrogens with one attached hydrogen (secondary N) is 1. The fourth-order valence-electron chi connectivity index (χ4n) is 2.07. The number of nitrogens with zero attached hydrogens (tertiary/aromatic N) is 2. The number of amides is 1. The Morgan fingerprint density at radius 1 is 1.25 bits per heavy atom. The standard InChI is InChI=1S/C15H13N3O2/c1-18-14-8-12(6-5-11(14)9-16-18)17-15(20)10-3-2-4-13(19)7-10/h2-9,19H,1H3,(H,17,20). The van der Waals surface area contributed by atoms with Gasteiger partial charge in [-0.25, -0.2) is 0 Å². The quantitative estimate of drug-likeness (QED) is 0.749. The maximum Gasteiger partial charge on any atom is 0.255 e. The topological polar surface area (TPSA) is 67.2 Å². The number of aromatic hydroxyl groups is 1. The Hall–Kier alpha value is -2.82. The van der Waals surface area contributed by atoms with Crippen LogP contribution in [0.3, 0.4) is 0 Å². The number of hydrogen-bond donors (Lipinski definition) is 2. The maximum absolute atomic E-state index is 12.1. The predicted octanol–water partition coefficient (Wildman–Crippen LogP) is 2.53. The van der Waals surface area contributed by atoms with Crippen LogP contribution >= 0.6 is 0 Å². The van der Waals surface area contributed by atoms with Crippen molar-refractivity contribution in [3.05, 3.63) is 54.2 Å². The normalized spacial score (nSPS) is 10.7. The molecule has 0 saturated heterocycles. The summed E-state index contributed by atoms with van der Waals surface area (Å²) in [6.45, 7) is 0. The summed E-state index contributed by atoms with van der Waals surface area (Å²) in [6.07, 6.45) is 1.77. The highest BCUT2D eigenvalue weighted by atomic mass is 16.3. The van der Waals surface area contributed by atoms with E-state index in [1.54, 1.807) is 23.0 Å². The van der Waals surface area contributed by atoms with Crippen LogP contribution in [-0.4, -0.2) is 20.8 Å². The first-order chi connectivity index (χ1) is 9.63. The molecule has 0 bridgehead atoms. The lowest BCUT2D eigenvalue weighted by Gasteiger charge is -2.06. The summed E-state index contributed by atoms with van der Waals surface area (Å²) in [6, 6.07) is 11.8. The molecule has 0 aliphatic heterocycles. The molecule has 2 N–H and O–H groups in total. The molecular formula is C15H13N3O2. The van der Waals surface area contributed by atoms with E-state index in [2.05, 4.69) is 10.4 Å². The third kappa shape index (κ3) is 2.21. The highest BCUT2D eigenvalue weighted by Crippen LogP contribution is 2.19. The third-order valence-corrected chi connectivity index (χ3v) is 3.12. The highest BCUT2D eigenvalue weighted by Gasteiger charge is 2.08. The van der Waals surface area contributed by atoms with Gasteiger partial charge in [0.05, 0.1) is 11.7 Å². The van der Waals surface area contributed by atoms with Crippen LogP contribution in [-0.2, 0) is 7.05 Å². The van der Waals surface area contributed by atoms with Gasteiger partial charge in [0.25, 0.3) is 5.91 Å². The monoisotopic (exact) mass is 267 g/mol. The van der Waals surface area contributed by atoms with Crippen molar-refractivity contribution in [2.75, 3.05) is 5.32 Å². The van der Waals surface area contributed by atoms with E-state index in [0.717, 1.165) is 10.9 Å². The first-order valence-electron chi connectivity index (χ1n) is 6.15. The Morgan fingerprint density at radius 2 is 2.10 bits per heavy atom. The maximum atomic E-state index is 12.1. The zero-order valence-corrected chi connectivity index (χ0v) is 10.9. The molecule has 0 unspecified atom stereocenters. The van der Waals surface area contributed by atoms with E-state index in [1.807, 2.05) is 25.2 Å². The Bertz CT molecular complexity index is 793. The van der Waals surface area contributed by atoms with Crippen LogP contribution in [0.4, 0.5) is 5.69 Å². The van der Waals surface area contributed by atoms with Gasteiger partial charge >= 0.3 is 0 Å². The first kappa shape index (κ1) is 12.2.